The SMILES string of the molecule is O=C1[C@@H]2C[C@@H](OCc3ccc(Br)cc3)CN2C(=O)N1c1cc(Cl)cc(Cl)c1. The van der Waals surface area contributed by atoms with Crippen LogP contribution in [0.15, 0.2) is 46.9 Å². The number of carbonyl (C=O) groups excluding carboxylic acids is 2. The first kappa shape index (κ1) is 18.7. The van der Waals surface area contributed by atoms with Gasteiger partial charge in [0.05, 0.1) is 18.4 Å². The van der Waals surface area contributed by atoms with E-state index in [1.165, 1.54) is 0 Å². The number of hydrogen-bond acceptors (Lipinski definition) is 3. The van der Waals surface area contributed by atoms with Crippen molar-refractivity contribution >= 4 is 56.8 Å². The molecule has 2 aromatic carbocycles. The summed E-state index contributed by atoms with van der Waals surface area (Å²) in [6, 6.07) is 11.7. The summed E-state index contributed by atoms with van der Waals surface area (Å²) in [6.07, 6.45) is 0.308. The zero-order chi connectivity index (χ0) is 19.1. The molecule has 4 rings (SSSR count). The number of amides is 3. The van der Waals surface area contributed by atoms with E-state index in [1.54, 1.807) is 23.1 Å². The number of carbonyl (C=O) groups is 2. The minimum absolute atomic E-state index is 0.170. The number of halogens is 3. The van der Waals surface area contributed by atoms with Gasteiger partial charge in [0, 0.05) is 27.5 Å². The number of ether oxygens (including phenoxy) is 1. The summed E-state index contributed by atoms with van der Waals surface area (Å²) >= 11 is 15.4. The second-order valence-corrected chi connectivity index (χ2v) is 8.34. The zero-order valence-electron chi connectivity index (χ0n) is 14.1. The summed E-state index contributed by atoms with van der Waals surface area (Å²) in [5, 5.41) is 0.752. The molecule has 0 aromatic heterocycles. The van der Waals surface area contributed by atoms with Gasteiger partial charge in [-0.1, -0.05) is 51.3 Å². The Kier molecular flexibility index (Phi) is 5.16. The van der Waals surface area contributed by atoms with Gasteiger partial charge < -0.3 is 9.64 Å². The van der Waals surface area contributed by atoms with E-state index in [0.29, 0.717) is 35.3 Å². The number of benzene rings is 2. The molecule has 2 aliphatic heterocycles. The topological polar surface area (TPSA) is 49.9 Å². The number of hydrogen-bond donors (Lipinski definition) is 0. The fourth-order valence-electron chi connectivity index (χ4n) is 3.44. The first-order chi connectivity index (χ1) is 12.9. The van der Waals surface area contributed by atoms with Crippen LogP contribution in [0.4, 0.5) is 10.5 Å². The number of imide groups is 1. The average molecular weight is 470 g/mol. The van der Waals surface area contributed by atoms with Crippen molar-refractivity contribution in [1.29, 1.82) is 0 Å². The van der Waals surface area contributed by atoms with Crippen LogP contribution in [-0.4, -0.2) is 35.5 Å². The molecule has 0 unspecified atom stereocenters. The monoisotopic (exact) mass is 468 g/mol. The Morgan fingerprint density at radius 3 is 2.37 bits per heavy atom. The van der Waals surface area contributed by atoms with E-state index in [4.69, 9.17) is 27.9 Å². The first-order valence-electron chi connectivity index (χ1n) is 8.39. The predicted molar refractivity (Wildman–Crippen MR) is 107 cm³/mol. The summed E-state index contributed by atoms with van der Waals surface area (Å²) in [4.78, 5) is 28.3. The van der Waals surface area contributed by atoms with Gasteiger partial charge in [-0.2, -0.15) is 0 Å². The predicted octanol–water partition coefficient (Wildman–Crippen LogP) is 4.88. The molecule has 2 aliphatic rings. The Morgan fingerprint density at radius 2 is 1.74 bits per heavy atom. The smallest absolute Gasteiger partial charge is 0.332 e. The maximum Gasteiger partial charge on any atom is 0.332 e. The van der Waals surface area contributed by atoms with E-state index in [2.05, 4.69) is 15.9 Å². The molecule has 0 saturated carbocycles. The largest absolute Gasteiger partial charge is 0.372 e. The van der Waals surface area contributed by atoms with Crippen molar-refractivity contribution in [3.05, 3.63) is 62.5 Å². The van der Waals surface area contributed by atoms with Gasteiger partial charge in [0.15, 0.2) is 0 Å². The van der Waals surface area contributed by atoms with Gasteiger partial charge in [0.2, 0.25) is 0 Å². The third kappa shape index (κ3) is 3.72. The summed E-state index contributed by atoms with van der Waals surface area (Å²) in [7, 11) is 0. The van der Waals surface area contributed by atoms with Gasteiger partial charge in [-0.15, -0.1) is 0 Å². The van der Waals surface area contributed by atoms with Crippen LogP contribution < -0.4 is 4.90 Å². The van der Waals surface area contributed by atoms with Gasteiger partial charge in [0.1, 0.15) is 6.04 Å². The molecule has 5 nitrogen and oxygen atoms in total. The highest BCUT2D eigenvalue weighted by Crippen LogP contribution is 2.35. The van der Waals surface area contributed by atoms with Crippen LogP contribution in [0.2, 0.25) is 10.0 Å². The average Bonchev–Trinajstić information content (AvgIpc) is 3.13. The van der Waals surface area contributed by atoms with E-state index < -0.39 is 6.04 Å². The Bertz CT molecular complexity index is 862. The standard InChI is InChI=1S/C19H15BrCl2N2O3/c20-12-3-1-11(2-4-12)10-27-16-8-17-18(25)24(19(26)23(17)9-16)15-6-13(21)5-14(22)7-15/h1-7,16-17H,8-10H2/t16-,17+/m1/s1. The van der Waals surface area contributed by atoms with Crippen molar-refractivity contribution < 1.29 is 14.3 Å². The van der Waals surface area contributed by atoms with E-state index in [1.807, 2.05) is 24.3 Å². The van der Waals surface area contributed by atoms with Gasteiger partial charge in [-0.25, -0.2) is 9.69 Å². The lowest BCUT2D eigenvalue weighted by molar-refractivity contribution is -0.119. The zero-order valence-corrected chi connectivity index (χ0v) is 17.2. The van der Waals surface area contributed by atoms with Crippen molar-refractivity contribution in [3.8, 4) is 0 Å². The summed E-state index contributed by atoms with van der Waals surface area (Å²) in [5.41, 5.74) is 1.43. The molecule has 2 fully saturated rings. The maximum atomic E-state index is 12.8. The molecule has 0 bridgehead atoms. The lowest BCUT2D eigenvalue weighted by atomic mass is 10.1. The number of urea groups is 1. The molecular weight excluding hydrogens is 455 g/mol. The van der Waals surface area contributed by atoms with E-state index in [9.17, 15) is 9.59 Å². The van der Waals surface area contributed by atoms with Crippen LogP contribution >= 0.6 is 39.1 Å². The molecule has 0 radical (unpaired) electrons. The molecule has 0 aliphatic carbocycles. The highest BCUT2D eigenvalue weighted by Gasteiger charge is 2.51. The van der Waals surface area contributed by atoms with Gasteiger partial charge in [0.25, 0.3) is 5.91 Å². The third-order valence-corrected chi connectivity index (χ3v) is 5.67. The summed E-state index contributed by atoms with van der Waals surface area (Å²) in [5.74, 6) is -0.270. The highest BCUT2D eigenvalue weighted by molar-refractivity contribution is 9.10. The number of fused-ring (bicyclic) bond motifs is 1. The normalized spacial score (nSPS) is 21.9. The van der Waals surface area contributed by atoms with Crippen molar-refractivity contribution in [2.75, 3.05) is 11.4 Å². The van der Waals surface area contributed by atoms with Gasteiger partial charge >= 0.3 is 6.03 Å². The molecule has 3 amide bonds. The number of nitrogens with zero attached hydrogens (tertiary/aromatic N) is 2. The Labute approximate surface area is 174 Å². The summed E-state index contributed by atoms with van der Waals surface area (Å²) < 4.78 is 6.92. The second kappa shape index (κ2) is 7.43. The third-order valence-electron chi connectivity index (χ3n) is 4.71. The fraction of sp³-hybridized carbons (Fsp3) is 0.263. The molecule has 2 aromatic rings. The molecule has 2 heterocycles. The summed E-state index contributed by atoms with van der Waals surface area (Å²) in [6.45, 7) is 0.824. The number of anilines is 1. The van der Waals surface area contributed by atoms with Crippen LogP contribution in [0.3, 0.4) is 0 Å². The van der Waals surface area contributed by atoms with E-state index >= 15 is 0 Å². The van der Waals surface area contributed by atoms with Crippen LogP contribution in [0.1, 0.15) is 12.0 Å². The van der Waals surface area contributed by atoms with Crippen LogP contribution in [0, 0.1) is 0 Å². The minimum atomic E-state index is -0.509. The molecule has 27 heavy (non-hydrogen) atoms. The Hall–Kier alpha value is -1.60. The lowest BCUT2D eigenvalue weighted by Crippen LogP contribution is -2.35. The van der Waals surface area contributed by atoms with Crippen molar-refractivity contribution in [2.45, 2.75) is 25.2 Å². The van der Waals surface area contributed by atoms with E-state index in [0.717, 1.165) is 14.9 Å². The van der Waals surface area contributed by atoms with Crippen LogP contribution in [0.25, 0.3) is 0 Å². The fourth-order valence-corrected chi connectivity index (χ4v) is 4.22. The molecule has 140 valence electrons. The molecule has 0 spiro atoms. The molecule has 2 atom stereocenters. The van der Waals surface area contributed by atoms with Gasteiger partial charge in [-0.3, -0.25) is 4.79 Å². The van der Waals surface area contributed by atoms with Crippen molar-refractivity contribution in [2.24, 2.45) is 0 Å². The quantitative estimate of drug-likeness (QED) is 0.599. The van der Waals surface area contributed by atoms with Crippen LogP contribution in [-0.2, 0) is 16.1 Å². The second-order valence-electron chi connectivity index (χ2n) is 6.55. The Morgan fingerprint density at radius 1 is 1.07 bits per heavy atom. The van der Waals surface area contributed by atoms with Crippen LogP contribution in [0.5, 0.6) is 0 Å². The Balaban J connectivity index is 1.44. The van der Waals surface area contributed by atoms with Crippen molar-refractivity contribution in [1.82, 2.24) is 4.90 Å². The molecule has 8 heteroatoms. The molecular formula is C19H15BrCl2N2O3. The molecule has 2 saturated heterocycles. The lowest BCUT2D eigenvalue weighted by Gasteiger charge is -2.18. The minimum Gasteiger partial charge on any atom is -0.372 e. The maximum absolute atomic E-state index is 12.8. The van der Waals surface area contributed by atoms with Gasteiger partial charge in [-0.05, 0) is 35.9 Å². The first-order valence-corrected chi connectivity index (χ1v) is 9.94. The van der Waals surface area contributed by atoms with E-state index in [-0.39, 0.29) is 18.0 Å². The number of rotatable bonds is 4. The van der Waals surface area contributed by atoms with Crippen molar-refractivity contribution in [3.63, 3.8) is 0 Å². The molecule has 0 N–H and O–H groups in total. The highest BCUT2D eigenvalue weighted by atomic mass is 79.9.